The van der Waals surface area contributed by atoms with Crippen molar-refractivity contribution in [3.05, 3.63) is 35.9 Å². The van der Waals surface area contributed by atoms with Crippen LogP contribution in [-0.4, -0.2) is 37.3 Å². The van der Waals surface area contributed by atoms with Crippen LogP contribution in [0.2, 0.25) is 0 Å². The van der Waals surface area contributed by atoms with Crippen molar-refractivity contribution in [2.24, 2.45) is 0 Å². The lowest BCUT2D eigenvalue weighted by Crippen LogP contribution is -2.39. The smallest absolute Gasteiger partial charge is 0.160 e. The first kappa shape index (κ1) is 13.5. The number of hydrogen-bond donors (Lipinski definition) is 1. The first-order chi connectivity index (χ1) is 8.81. The molecule has 1 heterocycles. The van der Waals surface area contributed by atoms with Crippen molar-refractivity contribution < 1.29 is 19.3 Å². The van der Waals surface area contributed by atoms with Gasteiger partial charge >= 0.3 is 0 Å². The second-order valence-electron chi connectivity index (χ2n) is 4.50. The molecule has 0 aromatic heterocycles. The molecule has 4 nitrogen and oxygen atoms in total. The summed E-state index contributed by atoms with van der Waals surface area (Å²) >= 11 is 0. The van der Waals surface area contributed by atoms with Crippen molar-refractivity contribution in [3.8, 4) is 0 Å². The van der Waals surface area contributed by atoms with Crippen LogP contribution in [0.5, 0.6) is 0 Å². The standard InChI is InChI=1S/C14H20O4/c1-16-14-8-12(7-13(9-15)18-14)17-10-11-5-3-2-4-6-11/h2-6,12-15H,7-10H2,1H3/t12-,13-,14-/m0/s1. The van der Waals surface area contributed by atoms with E-state index in [-0.39, 0.29) is 25.1 Å². The van der Waals surface area contributed by atoms with Gasteiger partial charge in [-0.3, -0.25) is 0 Å². The van der Waals surface area contributed by atoms with Gasteiger partial charge in [0.25, 0.3) is 0 Å². The number of aliphatic hydroxyl groups excluding tert-OH is 1. The summed E-state index contributed by atoms with van der Waals surface area (Å²) in [4.78, 5) is 0. The monoisotopic (exact) mass is 252 g/mol. The topological polar surface area (TPSA) is 47.9 Å². The number of ether oxygens (including phenoxy) is 3. The van der Waals surface area contributed by atoms with E-state index in [4.69, 9.17) is 14.2 Å². The van der Waals surface area contributed by atoms with Crippen molar-refractivity contribution in [2.75, 3.05) is 13.7 Å². The Morgan fingerprint density at radius 3 is 2.72 bits per heavy atom. The molecule has 1 aliphatic rings. The molecule has 100 valence electrons. The van der Waals surface area contributed by atoms with E-state index in [9.17, 15) is 5.11 Å². The molecule has 4 heteroatoms. The molecule has 1 aliphatic heterocycles. The number of rotatable bonds is 5. The highest BCUT2D eigenvalue weighted by Crippen LogP contribution is 2.23. The van der Waals surface area contributed by atoms with Gasteiger partial charge in [-0.2, -0.15) is 0 Å². The van der Waals surface area contributed by atoms with Crippen LogP contribution < -0.4 is 0 Å². The van der Waals surface area contributed by atoms with Crippen molar-refractivity contribution in [3.63, 3.8) is 0 Å². The Balaban J connectivity index is 1.84. The van der Waals surface area contributed by atoms with Crippen molar-refractivity contribution in [2.45, 2.75) is 37.9 Å². The summed E-state index contributed by atoms with van der Waals surface area (Å²) in [6.45, 7) is 0.588. The van der Waals surface area contributed by atoms with Crippen LogP contribution in [0.25, 0.3) is 0 Å². The molecule has 0 amide bonds. The highest BCUT2D eigenvalue weighted by atomic mass is 16.7. The lowest BCUT2D eigenvalue weighted by molar-refractivity contribution is -0.219. The molecule has 1 fully saturated rings. The fraction of sp³-hybridized carbons (Fsp3) is 0.571. The van der Waals surface area contributed by atoms with Crippen LogP contribution >= 0.6 is 0 Å². The highest BCUT2D eigenvalue weighted by Gasteiger charge is 2.29. The van der Waals surface area contributed by atoms with Crippen molar-refractivity contribution >= 4 is 0 Å². The predicted octanol–water partition coefficient (Wildman–Crippen LogP) is 1.72. The minimum atomic E-state index is -0.281. The molecule has 1 aromatic carbocycles. The molecule has 1 N–H and O–H groups in total. The zero-order chi connectivity index (χ0) is 12.8. The molecular formula is C14H20O4. The largest absolute Gasteiger partial charge is 0.394 e. The summed E-state index contributed by atoms with van der Waals surface area (Å²) in [6, 6.07) is 10.1. The van der Waals surface area contributed by atoms with Crippen molar-refractivity contribution in [1.29, 1.82) is 0 Å². The Morgan fingerprint density at radius 1 is 1.28 bits per heavy atom. The Hall–Kier alpha value is -0.940. The van der Waals surface area contributed by atoms with Crippen LogP contribution in [-0.2, 0) is 20.8 Å². The summed E-state index contributed by atoms with van der Waals surface area (Å²) in [6.07, 6.45) is 1.02. The van der Waals surface area contributed by atoms with Gasteiger partial charge in [-0.05, 0) is 5.56 Å². The zero-order valence-electron chi connectivity index (χ0n) is 10.6. The van der Waals surface area contributed by atoms with Gasteiger partial charge in [-0.1, -0.05) is 30.3 Å². The Morgan fingerprint density at radius 2 is 2.06 bits per heavy atom. The molecule has 0 bridgehead atoms. The minimum Gasteiger partial charge on any atom is -0.394 e. The van der Waals surface area contributed by atoms with E-state index in [1.165, 1.54) is 0 Å². The maximum Gasteiger partial charge on any atom is 0.160 e. The normalized spacial score (nSPS) is 28.2. The van der Waals surface area contributed by atoms with E-state index in [0.717, 1.165) is 5.56 Å². The summed E-state index contributed by atoms with van der Waals surface area (Å²) in [7, 11) is 1.61. The number of benzene rings is 1. The third kappa shape index (κ3) is 3.78. The first-order valence-corrected chi connectivity index (χ1v) is 6.26. The molecule has 1 aromatic rings. The van der Waals surface area contributed by atoms with Gasteiger partial charge in [-0.25, -0.2) is 0 Å². The fourth-order valence-corrected chi connectivity index (χ4v) is 2.12. The van der Waals surface area contributed by atoms with Gasteiger partial charge in [0.15, 0.2) is 6.29 Å². The maximum absolute atomic E-state index is 9.17. The van der Waals surface area contributed by atoms with Crippen LogP contribution in [0.4, 0.5) is 0 Å². The molecule has 0 saturated carbocycles. The van der Waals surface area contributed by atoms with Crippen LogP contribution in [0, 0.1) is 0 Å². The minimum absolute atomic E-state index is 0.00502. The van der Waals surface area contributed by atoms with Gasteiger partial charge in [0, 0.05) is 20.0 Å². The Labute approximate surface area is 107 Å². The van der Waals surface area contributed by atoms with E-state index >= 15 is 0 Å². The van der Waals surface area contributed by atoms with Crippen LogP contribution in [0.15, 0.2) is 30.3 Å². The van der Waals surface area contributed by atoms with E-state index in [0.29, 0.717) is 19.4 Å². The summed E-state index contributed by atoms with van der Waals surface area (Å²) in [5.74, 6) is 0. The quantitative estimate of drug-likeness (QED) is 0.866. The van der Waals surface area contributed by atoms with Gasteiger partial charge in [0.05, 0.1) is 25.4 Å². The van der Waals surface area contributed by atoms with Gasteiger partial charge in [0.1, 0.15) is 0 Å². The number of aliphatic hydroxyl groups is 1. The summed E-state index contributed by atoms with van der Waals surface area (Å²) in [5, 5.41) is 9.17. The Bertz CT molecular complexity index is 329. The molecule has 2 rings (SSSR count). The SMILES string of the molecule is CO[C@@H]1C[C@@H](OCc2ccccc2)C[C@@H](CO)O1. The third-order valence-corrected chi connectivity index (χ3v) is 3.12. The maximum atomic E-state index is 9.17. The predicted molar refractivity (Wildman–Crippen MR) is 67.0 cm³/mol. The average Bonchev–Trinajstić information content (AvgIpc) is 2.45. The lowest BCUT2D eigenvalue weighted by Gasteiger charge is -2.33. The average molecular weight is 252 g/mol. The van der Waals surface area contributed by atoms with E-state index in [1.54, 1.807) is 7.11 Å². The molecule has 0 spiro atoms. The molecule has 18 heavy (non-hydrogen) atoms. The second kappa shape index (κ2) is 6.85. The zero-order valence-corrected chi connectivity index (χ0v) is 10.6. The van der Waals surface area contributed by atoms with Gasteiger partial charge in [-0.15, -0.1) is 0 Å². The van der Waals surface area contributed by atoms with Gasteiger partial charge < -0.3 is 19.3 Å². The Kier molecular flexibility index (Phi) is 5.13. The lowest BCUT2D eigenvalue weighted by atomic mass is 10.1. The van der Waals surface area contributed by atoms with Crippen LogP contribution in [0.3, 0.4) is 0 Å². The third-order valence-electron chi connectivity index (χ3n) is 3.12. The van der Waals surface area contributed by atoms with Crippen molar-refractivity contribution in [1.82, 2.24) is 0 Å². The molecule has 0 aliphatic carbocycles. The highest BCUT2D eigenvalue weighted by molar-refractivity contribution is 5.13. The molecule has 0 unspecified atom stereocenters. The molecule has 0 radical (unpaired) electrons. The molecule has 1 saturated heterocycles. The summed E-state index contributed by atoms with van der Waals surface area (Å²) in [5.41, 5.74) is 1.15. The second-order valence-corrected chi connectivity index (χ2v) is 4.50. The fourth-order valence-electron chi connectivity index (χ4n) is 2.12. The first-order valence-electron chi connectivity index (χ1n) is 6.26. The van der Waals surface area contributed by atoms with E-state index in [2.05, 4.69) is 0 Å². The molecular weight excluding hydrogens is 232 g/mol. The number of methoxy groups -OCH3 is 1. The van der Waals surface area contributed by atoms with Gasteiger partial charge in [0.2, 0.25) is 0 Å². The molecule has 3 atom stereocenters. The summed E-state index contributed by atoms with van der Waals surface area (Å²) < 4.78 is 16.6. The number of hydrogen-bond acceptors (Lipinski definition) is 4. The van der Waals surface area contributed by atoms with Crippen LogP contribution in [0.1, 0.15) is 18.4 Å². The van der Waals surface area contributed by atoms with E-state index < -0.39 is 0 Å². The van der Waals surface area contributed by atoms with E-state index in [1.807, 2.05) is 30.3 Å².